The lowest BCUT2D eigenvalue weighted by atomic mass is 10.1. The van der Waals surface area contributed by atoms with Gasteiger partial charge in [0.05, 0.1) is 5.56 Å². The Morgan fingerprint density at radius 3 is 2.79 bits per heavy atom. The van der Waals surface area contributed by atoms with Gasteiger partial charge in [-0.1, -0.05) is 18.5 Å². The van der Waals surface area contributed by atoms with Crippen LogP contribution in [0.5, 0.6) is 0 Å². The van der Waals surface area contributed by atoms with Crippen LogP contribution in [-0.4, -0.2) is 26.7 Å². The summed E-state index contributed by atoms with van der Waals surface area (Å²) in [7, 11) is -3.78. The first-order valence-electron chi connectivity index (χ1n) is 5.71. The van der Waals surface area contributed by atoms with E-state index in [4.69, 9.17) is 22.0 Å². The molecule has 19 heavy (non-hydrogen) atoms. The van der Waals surface area contributed by atoms with Gasteiger partial charge >= 0.3 is 0 Å². The Labute approximate surface area is 117 Å². The zero-order valence-electron chi connectivity index (χ0n) is 10.4. The minimum Gasteiger partial charge on any atom is -0.396 e. The molecular weight excluding hydrogens is 288 g/mol. The zero-order chi connectivity index (χ0) is 14.5. The van der Waals surface area contributed by atoms with E-state index in [2.05, 4.69) is 4.72 Å². The number of hydrogen-bond acceptors (Lipinski definition) is 4. The molecule has 0 aliphatic heterocycles. The molecule has 1 atom stereocenters. The molecule has 7 heteroatoms. The number of hydrogen-bond donors (Lipinski definition) is 2. The molecule has 1 aromatic carbocycles. The van der Waals surface area contributed by atoms with Crippen LogP contribution in [0.25, 0.3) is 0 Å². The fourth-order valence-corrected chi connectivity index (χ4v) is 3.04. The molecule has 0 fully saturated rings. The summed E-state index contributed by atoms with van der Waals surface area (Å²) in [6.07, 6.45) is 0.503. The summed E-state index contributed by atoms with van der Waals surface area (Å²) in [5, 5.41) is 17.9. The second-order valence-electron chi connectivity index (χ2n) is 4.22. The van der Waals surface area contributed by atoms with Gasteiger partial charge in [-0.2, -0.15) is 5.26 Å². The van der Waals surface area contributed by atoms with E-state index >= 15 is 0 Å². The Balaban J connectivity index is 2.95. The number of sulfonamides is 1. The van der Waals surface area contributed by atoms with Crippen LogP contribution in [0.3, 0.4) is 0 Å². The van der Waals surface area contributed by atoms with Gasteiger partial charge in [-0.15, -0.1) is 0 Å². The summed E-state index contributed by atoms with van der Waals surface area (Å²) in [5.41, 5.74) is 0.0479. The molecule has 0 aliphatic rings. The number of nitriles is 1. The minimum absolute atomic E-state index is 0.00348. The van der Waals surface area contributed by atoms with Gasteiger partial charge in [-0.3, -0.25) is 0 Å². The van der Waals surface area contributed by atoms with E-state index in [1.54, 1.807) is 0 Å². The molecule has 0 heterocycles. The smallest absolute Gasteiger partial charge is 0.241 e. The summed E-state index contributed by atoms with van der Waals surface area (Å²) in [5.74, 6) is 0.00416. The van der Waals surface area contributed by atoms with E-state index in [9.17, 15) is 8.42 Å². The molecule has 0 spiro atoms. The van der Waals surface area contributed by atoms with Crippen molar-refractivity contribution >= 4 is 21.6 Å². The fraction of sp³-hybridized carbons (Fsp3) is 0.417. The average Bonchev–Trinajstić information content (AvgIpc) is 2.37. The normalized spacial score (nSPS) is 12.9. The summed E-state index contributed by atoms with van der Waals surface area (Å²) >= 11 is 5.76. The predicted molar refractivity (Wildman–Crippen MR) is 72.2 cm³/mol. The Morgan fingerprint density at radius 1 is 1.53 bits per heavy atom. The topological polar surface area (TPSA) is 90.2 Å². The van der Waals surface area contributed by atoms with Crippen molar-refractivity contribution in [3.63, 3.8) is 0 Å². The van der Waals surface area contributed by atoms with Gasteiger partial charge < -0.3 is 5.11 Å². The number of nitrogens with one attached hydrogen (secondary N) is 1. The highest BCUT2D eigenvalue weighted by Crippen LogP contribution is 2.20. The summed E-state index contributed by atoms with van der Waals surface area (Å²) < 4.78 is 26.6. The number of nitrogens with zero attached hydrogens (tertiary/aromatic N) is 1. The van der Waals surface area contributed by atoms with E-state index in [1.807, 2.05) is 13.0 Å². The number of aliphatic hydroxyl groups excluding tert-OH is 1. The molecule has 0 aromatic heterocycles. The molecule has 2 N–H and O–H groups in total. The molecular formula is C12H15ClN2O3S. The molecule has 0 radical (unpaired) electrons. The number of rotatable bonds is 6. The van der Waals surface area contributed by atoms with Crippen LogP contribution < -0.4 is 4.72 Å². The Hall–Kier alpha value is -1.13. The van der Waals surface area contributed by atoms with Gasteiger partial charge in [0.2, 0.25) is 10.0 Å². The van der Waals surface area contributed by atoms with E-state index < -0.39 is 10.0 Å². The highest BCUT2D eigenvalue weighted by Gasteiger charge is 2.19. The van der Waals surface area contributed by atoms with Crippen molar-refractivity contribution in [3.05, 3.63) is 28.8 Å². The molecule has 0 amide bonds. The van der Waals surface area contributed by atoms with Crippen molar-refractivity contribution in [1.29, 1.82) is 5.26 Å². The summed E-state index contributed by atoms with van der Waals surface area (Å²) in [6, 6.07) is 5.91. The van der Waals surface area contributed by atoms with Crippen LogP contribution in [0.4, 0.5) is 0 Å². The van der Waals surface area contributed by atoms with Gasteiger partial charge in [0.1, 0.15) is 11.0 Å². The summed E-state index contributed by atoms with van der Waals surface area (Å²) in [4.78, 5) is -0.126. The monoisotopic (exact) mass is 302 g/mol. The second-order valence-corrected chi connectivity index (χ2v) is 6.39. The molecule has 0 aliphatic carbocycles. The Kier molecular flexibility index (Phi) is 5.76. The van der Waals surface area contributed by atoms with Gasteiger partial charge in [0.15, 0.2) is 0 Å². The first-order chi connectivity index (χ1) is 8.90. The van der Waals surface area contributed by atoms with Crippen molar-refractivity contribution in [1.82, 2.24) is 4.72 Å². The first kappa shape index (κ1) is 15.9. The highest BCUT2D eigenvalue weighted by molar-refractivity contribution is 7.89. The zero-order valence-corrected chi connectivity index (χ0v) is 12.0. The lowest BCUT2D eigenvalue weighted by Gasteiger charge is -2.12. The van der Waals surface area contributed by atoms with Crippen molar-refractivity contribution in [2.24, 2.45) is 5.92 Å². The largest absolute Gasteiger partial charge is 0.396 e. The maximum absolute atomic E-state index is 12.1. The van der Waals surface area contributed by atoms with Crippen molar-refractivity contribution in [2.75, 3.05) is 13.2 Å². The van der Waals surface area contributed by atoms with E-state index in [1.165, 1.54) is 18.2 Å². The van der Waals surface area contributed by atoms with E-state index in [-0.39, 0.29) is 34.6 Å². The van der Waals surface area contributed by atoms with Crippen LogP contribution in [0.1, 0.15) is 18.9 Å². The number of aliphatic hydroxyl groups is 1. The van der Waals surface area contributed by atoms with E-state index in [0.29, 0.717) is 6.42 Å². The Bertz CT molecular complexity index is 581. The molecule has 1 rings (SSSR count). The maximum Gasteiger partial charge on any atom is 0.241 e. The molecule has 1 unspecified atom stereocenters. The third-order valence-electron chi connectivity index (χ3n) is 2.60. The standard InChI is InChI=1S/C12H15ClN2O3S/c1-9(4-5-16)8-15-19(17,18)12-6-11(13)3-2-10(12)7-14/h2-3,6,9,15-16H,4-5,8H2,1H3. The van der Waals surface area contributed by atoms with Gasteiger partial charge in [0.25, 0.3) is 0 Å². The van der Waals surface area contributed by atoms with Crippen LogP contribution in [0, 0.1) is 17.2 Å². The third kappa shape index (κ3) is 4.48. The molecule has 5 nitrogen and oxygen atoms in total. The third-order valence-corrected chi connectivity index (χ3v) is 4.30. The average molecular weight is 303 g/mol. The number of halogens is 1. The molecule has 1 aromatic rings. The van der Waals surface area contributed by atoms with E-state index in [0.717, 1.165) is 0 Å². The quantitative estimate of drug-likeness (QED) is 0.833. The predicted octanol–water partition coefficient (Wildman–Crippen LogP) is 1.51. The number of benzene rings is 1. The maximum atomic E-state index is 12.1. The van der Waals surface area contributed by atoms with Crippen molar-refractivity contribution in [3.8, 4) is 6.07 Å². The molecule has 0 bridgehead atoms. The van der Waals surface area contributed by atoms with Crippen LogP contribution in [-0.2, 0) is 10.0 Å². The highest BCUT2D eigenvalue weighted by atomic mass is 35.5. The molecule has 0 saturated heterocycles. The minimum atomic E-state index is -3.78. The second kappa shape index (κ2) is 6.87. The molecule has 104 valence electrons. The lowest BCUT2D eigenvalue weighted by Crippen LogP contribution is -2.29. The van der Waals surface area contributed by atoms with Crippen LogP contribution in [0.2, 0.25) is 5.02 Å². The van der Waals surface area contributed by atoms with Gasteiger partial charge in [-0.25, -0.2) is 13.1 Å². The van der Waals surface area contributed by atoms with Crippen molar-refractivity contribution in [2.45, 2.75) is 18.2 Å². The fourth-order valence-electron chi connectivity index (χ4n) is 1.46. The van der Waals surface area contributed by atoms with Gasteiger partial charge in [-0.05, 0) is 30.5 Å². The lowest BCUT2D eigenvalue weighted by molar-refractivity contribution is 0.263. The Morgan fingerprint density at radius 2 is 2.21 bits per heavy atom. The van der Waals surface area contributed by atoms with Crippen molar-refractivity contribution < 1.29 is 13.5 Å². The SMILES string of the molecule is CC(CCO)CNS(=O)(=O)c1cc(Cl)ccc1C#N. The van der Waals surface area contributed by atoms with Gasteiger partial charge in [0, 0.05) is 18.2 Å². The first-order valence-corrected chi connectivity index (χ1v) is 7.57. The molecule has 0 saturated carbocycles. The van der Waals surface area contributed by atoms with Crippen LogP contribution in [0.15, 0.2) is 23.1 Å². The van der Waals surface area contributed by atoms with Crippen LogP contribution >= 0.6 is 11.6 Å². The summed E-state index contributed by atoms with van der Waals surface area (Å²) in [6.45, 7) is 2.02.